The van der Waals surface area contributed by atoms with Crippen molar-refractivity contribution in [2.24, 2.45) is 11.8 Å². The van der Waals surface area contributed by atoms with Crippen molar-refractivity contribution < 1.29 is 33.0 Å². The molecule has 32 heavy (non-hydrogen) atoms. The highest BCUT2D eigenvalue weighted by molar-refractivity contribution is 6.12. The fourth-order valence-electron chi connectivity index (χ4n) is 4.39. The maximum atomic E-state index is 14.9. The minimum absolute atomic E-state index is 0.0229. The van der Waals surface area contributed by atoms with Crippen LogP contribution in [0.25, 0.3) is 0 Å². The molecular weight excluding hydrogens is 417 g/mol. The predicted octanol–water partition coefficient (Wildman–Crippen LogP) is 3.02. The number of rotatable bonds is 7. The molecule has 1 aromatic carbocycles. The zero-order valence-corrected chi connectivity index (χ0v) is 18.7. The second kappa shape index (κ2) is 10.1. The monoisotopic (exact) mass is 445 g/mol. The standard InChI is InChI=1S/C24H28FNO6/c1-5-31-10-11-32-24(29)19-14(3)26-17-12-13(2)18(23(28)30-4)22(27)21(17)20(19)15-8-6-7-9-16(15)25/h6-9,13,18,20,26H,5,10-12H2,1-4H3/t13-,18+,20-/m1/s1. The summed E-state index contributed by atoms with van der Waals surface area (Å²) in [6.07, 6.45) is 0.385. The molecule has 0 bridgehead atoms. The SMILES string of the molecule is CCOCCOC(=O)C1=C(C)NC2=C(C(=O)[C@@H](C(=O)OC)[C@H](C)C2)[C@@H]1c1ccccc1F. The topological polar surface area (TPSA) is 90.9 Å². The fraction of sp³-hybridized carbons (Fsp3) is 0.458. The first kappa shape index (κ1) is 23.7. The van der Waals surface area contributed by atoms with Crippen molar-refractivity contribution in [2.75, 3.05) is 26.9 Å². The molecule has 1 aliphatic carbocycles. The molecule has 0 unspecified atom stereocenters. The molecule has 0 saturated carbocycles. The van der Waals surface area contributed by atoms with Crippen molar-refractivity contribution >= 4 is 17.7 Å². The third-order valence-electron chi connectivity index (χ3n) is 5.84. The Morgan fingerprint density at radius 3 is 2.59 bits per heavy atom. The van der Waals surface area contributed by atoms with Gasteiger partial charge in [0, 0.05) is 29.1 Å². The summed E-state index contributed by atoms with van der Waals surface area (Å²) in [5.74, 6) is -4.68. The van der Waals surface area contributed by atoms with Gasteiger partial charge in [0.05, 0.1) is 25.2 Å². The molecule has 0 amide bonds. The molecule has 0 spiro atoms. The second-order valence-corrected chi connectivity index (χ2v) is 7.89. The highest BCUT2D eigenvalue weighted by atomic mass is 19.1. The van der Waals surface area contributed by atoms with E-state index in [-0.39, 0.29) is 35.8 Å². The fourth-order valence-corrected chi connectivity index (χ4v) is 4.39. The van der Waals surface area contributed by atoms with Crippen molar-refractivity contribution in [1.82, 2.24) is 5.32 Å². The van der Waals surface area contributed by atoms with Crippen LogP contribution >= 0.6 is 0 Å². The van der Waals surface area contributed by atoms with E-state index in [0.29, 0.717) is 24.4 Å². The summed E-state index contributed by atoms with van der Waals surface area (Å²) in [5, 5.41) is 3.14. The molecule has 1 aromatic rings. The maximum Gasteiger partial charge on any atom is 0.336 e. The van der Waals surface area contributed by atoms with Gasteiger partial charge in [0.25, 0.3) is 0 Å². The van der Waals surface area contributed by atoms with E-state index in [2.05, 4.69) is 5.32 Å². The normalized spacial score (nSPS) is 22.9. The van der Waals surface area contributed by atoms with Gasteiger partial charge in [-0.1, -0.05) is 25.1 Å². The van der Waals surface area contributed by atoms with Gasteiger partial charge in [-0.2, -0.15) is 0 Å². The number of hydrogen-bond acceptors (Lipinski definition) is 7. The van der Waals surface area contributed by atoms with Crippen molar-refractivity contribution in [3.63, 3.8) is 0 Å². The Hall–Kier alpha value is -3.00. The number of Topliss-reactive ketones (excluding diaryl/α,β-unsaturated/α-hetero) is 1. The number of dihydropyridines is 1. The molecule has 3 rings (SSSR count). The Morgan fingerprint density at radius 2 is 1.94 bits per heavy atom. The number of carbonyl (C=O) groups is 3. The minimum Gasteiger partial charge on any atom is -0.468 e. The Kier molecular flexibility index (Phi) is 7.45. The average molecular weight is 445 g/mol. The van der Waals surface area contributed by atoms with Crippen LogP contribution in [0.15, 0.2) is 46.8 Å². The van der Waals surface area contributed by atoms with E-state index in [9.17, 15) is 18.8 Å². The number of nitrogens with one attached hydrogen (secondary N) is 1. The number of ketones is 1. The maximum absolute atomic E-state index is 14.9. The van der Waals surface area contributed by atoms with Crippen LogP contribution in [0, 0.1) is 17.7 Å². The minimum atomic E-state index is -1.02. The number of hydrogen-bond donors (Lipinski definition) is 1. The average Bonchev–Trinajstić information content (AvgIpc) is 2.75. The van der Waals surface area contributed by atoms with Gasteiger partial charge in [-0.15, -0.1) is 0 Å². The zero-order chi connectivity index (χ0) is 23.4. The molecule has 0 fully saturated rings. The Labute approximate surface area is 186 Å². The number of allylic oxidation sites excluding steroid dienone is 3. The van der Waals surface area contributed by atoms with Crippen molar-refractivity contribution in [3.05, 3.63) is 58.2 Å². The molecule has 172 valence electrons. The molecule has 1 aliphatic heterocycles. The van der Waals surface area contributed by atoms with E-state index in [4.69, 9.17) is 14.2 Å². The van der Waals surface area contributed by atoms with Gasteiger partial charge >= 0.3 is 11.9 Å². The smallest absolute Gasteiger partial charge is 0.336 e. The van der Waals surface area contributed by atoms with Gasteiger partial charge in [-0.25, -0.2) is 9.18 Å². The largest absolute Gasteiger partial charge is 0.468 e. The summed E-state index contributed by atoms with van der Waals surface area (Å²) in [4.78, 5) is 39.0. The number of esters is 2. The van der Waals surface area contributed by atoms with Crippen molar-refractivity contribution in [3.8, 4) is 0 Å². The third-order valence-corrected chi connectivity index (χ3v) is 5.84. The highest BCUT2D eigenvalue weighted by Crippen LogP contribution is 2.45. The summed E-state index contributed by atoms with van der Waals surface area (Å²) in [6, 6.07) is 5.99. The number of ether oxygens (including phenoxy) is 3. The summed E-state index contributed by atoms with van der Waals surface area (Å²) in [6.45, 7) is 6.04. The van der Waals surface area contributed by atoms with Crippen LogP contribution < -0.4 is 5.32 Å². The first-order chi connectivity index (χ1) is 15.3. The molecule has 0 aromatic heterocycles. The van der Waals surface area contributed by atoms with Crippen LogP contribution in [-0.4, -0.2) is 44.7 Å². The molecule has 7 nitrogen and oxygen atoms in total. The lowest BCUT2D eigenvalue weighted by atomic mass is 9.69. The lowest BCUT2D eigenvalue weighted by Crippen LogP contribution is -2.43. The van der Waals surface area contributed by atoms with Crippen LogP contribution in [0.2, 0.25) is 0 Å². The quantitative estimate of drug-likeness (QED) is 0.392. The van der Waals surface area contributed by atoms with E-state index in [0.717, 1.165) is 0 Å². The molecular formula is C24H28FNO6. The summed E-state index contributed by atoms with van der Waals surface area (Å²) in [5.41, 5.74) is 1.57. The van der Waals surface area contributed by atoms with Crippen molar-refractivity contribution in [2.45, 2.75) is 33.1 Å². The van der Waals surface area contributed by atoms with Gasteiger partial charge in [0.2, 0.25) is 0 Å². The van der Waals surface area contributed by atoms with E-state index in [1.165, 1.54) is 25.3 Å². The van der Waals surface area contributed by atoms with E-state index in [1.807, 2.05) is 6.92 Å². The highest BCUT2D eigenvalue weighted by Gasteiger charge is 2.47. The van der Waals surface area contributed by atoms with E-state index < -0.39 is 35.4 Å². The molecule has 1 heterocycles. The van der Waals surface area contributed by atoms with Gasteiger partial charge in [0.15, 0.2) is 5.78 Å². The molecule has 8 heteroatoms. The van der Waals surface area contributed by atoms with Crippen LogP contribution in [0.1, 0.15) is 38.7 Å². The van der Waals surface area contributed by atoms with Crippen LogP contribution in [0.4, 0.5) is 4.39 Å². The van der Waals surface area contributed by atoms with Gasteiger partial charge in [-0.3, -0.25) is 9.59 Å². The predicted molar refractivity (Wildman–Crippen MR) is 114 cm³/mol. The molecule has 3 atom stereocenters. The first-order valence-electron chi connectivity index (χ1n) is 10.6. The number of methoxy groups -OCH3 is 1. The Morgan fingerprint density at radius 1 is 1.22 bits per heavy atom. The van der Waals surface area contributed by atoms with Crippen LogP contribution in [0.3, 0.4) is 0 Å². The zero-order valence-electron chi connectivity index (χ0n) is 18.7. The van der Waals surface area contributed by atoms with E-state index >= 15 is 0 Å². The van der Waals surface area contributed by atoms with Gasteiger partial charge in [-0.05, 0) is 32.3 Å². The van der Waals surface area contributed by atoms with Crippen LogP contribution in [-0.2, 0) is 28.6 Å². The second-order valence-electron chi connectivity index (χ2n) is 7.89. The molecule has 1 N–H and O–H groups in total. The number of benzene rings is 1. The Balaban J connectivity index is 2.09. The van der Waals surface area contributed by atoms with Crippen molar-refractivity contribution in [1.29, 1.82) is 0 Å². The summed E-state index contributed by atoms with van der Waals surface area (Å²) in [7, 11) is 1.23. The molecule has 2 aliphatic rings. The molecule has 0 radical (unpaired) electrons. The first-order valence-corrected chi connectivity index (χ1v) is 10.6. The van der Waals surface area contributed by atoms with E-state index in [1.54, 1.807) is 19.9 Å². The number of carbonyl (C=O) groups excluding carboxylic acids is 3. The number of halogens is 1. The molecule has 0 saturated heterocycles. The summed E-state index contributed by atoms with van der Waals surface area (Å²) >= 11 is 0. The summed E-state index contributed by atoms with van der Waals surface area (Å²) < 4.78 is 30.4. The van der Waals surface area contributed by atoms with Gasteiger partial charge in [0.1, 0.15) is 18.3 Å². The van der Waals surface area contributed by atoms with Gasteiger partial charge < -0.3 is 19.5 Å². The van der Waals surface area contributed by atoms with Crippen LogP contribution in [0.5, 0.6) is 0 Å². The lowest BCUT2D eigenvalue weighted by molar-refractivity contribution is -0.151. The Bertz CT molecular complexity index is 982. The third kappa shape index (κ3) is 4.46. The lowest BCUT2D eigenvalue weighted by Gasteiger charge is -2.38.